The SMILES string of the molecule is CC(CCc1ccccc1)NC(=O)C(C)Sc1nnc2c(Cl)cc(C(F)(F)F)cn12. The van der Waals surface area contributed by atoms with E-state index in [1.54, 1.807) is 6.92 Å². The van der Waals surface area contributed by atoms with Gasteiger partial charge in [0.2, 0.25) is 5.91 Å². The van der Waals surface area contributed by atoms with Gasteiger partial charge in [-0.25, -0.2) is 0 Å². The number of aromatic nitrogens is 3. The van der Waals surface area contributed by atoms with Crippen LogP contribution in [-0.2, 0) is 17.4 Å². The fourth-order valence-corrected chi connectivity index (χ4v) is 3.92. The van der Waals surface area contributed by atoms with Crippen molar-refractivity contribution in [3.05, 3.63) is 58.7 Å². The van der Waals surface area contributed by atoms with Crippen LogP contribution in [0.2, 0.25) is 5.02 Å². The van der Waals surface area contributed by atoms with Gasteiger partial charge in [0, 0.05) is 12.2 Å². The number of hydrogen-bond acceptors (Lipinski definition) is 4. The molecule has 1 N–H and O–H groups in total. The normalized spacial score (nSPS) is 13.9. The second kappa shape index (κ2) is 9.26. The third-order valence-electron chi connectivity index (χ3n) is 4.50. The monoisotopic (exact) mass is 456 g/mol. The van der Waals surface area contributed by atoms with Crippen molar-refractivity contribution >= 4 is 34.9 Å². The molecule has 30 heavy (non-hydrogen) atoms. The number of aryl methyl sites for hydroxylation is 1. The van der Waals surface area contributed by atoms with E-state index < -0.39 is 17.0 Å². The van der Waals surface area contributed by atoms with Crippen LogP contribution in [0.25, 0.3) is 5.65 Å². The lowest BCUT2D eigenvalue weighted by molar-refractivity contribution is -0.137. The predicted octanol–water partition coefficient (Wildman–Crippen LogP) is 5.02. The molecule has 0 aliphatic carbocycles. The summed E-state index contributed by atoms with van der Waals surface area (Å²) in [6.07, 6.45) is -2.07. The molecule has 3 aromatic rings. The lowest BCUT2D eigenvalue weighted by Crippen LogP contribution is -2.37. The first-order valence-electron chi connectivity index (χ1n) is 9.27. The third kappa shape index (κ3) is 5.46. The van der Waals surface area contributed by atoms with E-state index in [-0.39, 0.29) is 27.8 Å². The summed E-state index contributed by atoms with van der Waals surface area (Å²) < 4.78 is 40.4. The summed E-state index contributed by atoms with van der Waals surface area (Å²) in [5.41, 5.74) is 0.387. The maximum atomic E-state index is 13.1. The van der Waals surface area contributed by atoms with Crippen molar-refractivity contribution in [2.45, 2.75) is 49.3 Å². The first-order valence-corrected chi connectivity index (χ1v) is 10.5. The Morgan fingerprint density at radius 1 is 1.23 bits per heavy atom. The average Bonchev–Trinajstić information content (AvgIpc) is 3.10. The van der Waals surface area contributed by atoms with Crippen molar-refractivity contribution in [2.75, 3.05) is 0 Å². The fraction of sp³-hybridized carbons (Fsp3) is 0.350. The van der Waals surface area contributed by atoms with Crippen molar-refractivity contribution in [1.82, 2.24) is 19.9 Å². The van der Waals surface area contributed by atoms with E-state index in [4.69, 9.17) is 11.6 Å². The number of nitrogens with zero attached hydrogens (tertiary/aromatic N) is 3. The number of rotatable bonds is 7. The molecule has 2 heterocycles. The molecule has 0 aliphatic rings. The van der Waals surface area contributed by atoms with Crippen LogP contribution in [0.3, 0.4) is 0 Å². The van der Waals surface area contributed by atoms with Crippen LogP contribution < -0.4 is 5.32 Å². The predicted molar refractivity (Wildman–Crippen MR) is 111 cm³/mol. The van der Waals surface area contributed by atoms with Crippen molar-refractivity contribution in [2.24, 2.45) is 0 Å². The molecule has 3 rings (SSSR count). The zero-order valence-corrected chi connectivity index (χ0v) is 17.9. The number of carbonyl (C=O) groups excluding carboxylic acids is 1. The molecule has 0 saturated heterocycles. The minimum atomic E-state index is -4.55. The van der Waals surface area contributed by atoms with Crippen LogP contribution in [0.4, 0.5) is 13.2 Å². The van der Waals surface area contributed by atoms with Gasteiger partial charge in [0.15, 0.2) is 10.8 Å². The number of alkyl halides is 3. The largest absolute Gasteiger partial charge is 0.417 e. The lowest BCUT2D eigenvalue weighted by atomic mass is 10.1. The summed E-state index contributed by atoms with van der Waals surface area (Å²) in [4.78, 5) is 12.5. The van der Waals surface area contributed by atoms with Gasteiger partial charge in [0.1, 0.15) is 0 Å². The Morgan fingerprint density at radius 3 is 2.60 bits per heavy atom. The molecule has 160 valence electrons. The number of benzene rings is 1. The first kappa shape index (κ1) is 22.4. The molecule has 0 spiro atoms. The summed E-state index contributed by atoms with van der Waals surface area (Å²) in [6, 6.07) is 10.7. The van der Waals surface area contributed by atoms with Gasteiger partial charge >= 0.3 is 6.18 Å². The quantitative estimate of drug-likeness (QED) is 0.507. The minimum Gasteiger partial charge on any atom is -0.353 e. The summed E-state index contributed by atoms with van der Waals surface area (Å²) in [5, 5.41) is 10.1. The van der Waals surface area contributed by atoms with Crippen LogP contribution in [0.1, 0.15) is 31.4 Å². The van der Waals surface area contributed by atoms with E-state index >= 15 is 0 Å². The van der Waals surface area contributed by atoms with Crippen molar-refractivity contribution in [3.63, 3.8) is 0 Å². The molecule has 0 radical (unpaired) electrons. The number of halogens is 4. The van der Waals surface area contributed by atoms with Gasteiger partial charge in [0.25, 0.3) is 0 Å². The number of carbonyl (C=O) groups is 1. The van der Waals surface area contributed by atoms with E-state index in [9.17, 15) is 18.0 Å². The van der Waals surface area contributed by atoms with Gasteiger partial charge in [-0.15, -0.1) is 10.2 Å². The molecule has 2 atom stereocenters. The molecular formula is C20H20ClF3N4OS. The highest BCUT2D eigenvalue weighted by Gasteiger charge is 2.32. The maximum Gasteiger partial charge on any atom is 0.417 e. The highest BCUT2D eigenvalue weighted by molar-refractivity contribution is 8.00. The Hall–Kier alpha value is -2.26. The van der Waals surface area contributed by atoms with Gasteiger partial charge in [-0.05, 0) is 38.3 Å². The van der Waals surface area contributed by atoms with Gasteiger partial charge in [-0.3, -0.25) is 9.20 Å². The second-order valence-corrected chi connectivity index (χ2v) is 8.66. The molecule has 0 bridgehead atoms. The van der Waals surface area contributed by atoms with Crippen LogP contribution >= 0.6 is 23.4 Å². The zero-order chi connectivity index (χ0) is 21.9. The molecule has 1 aromatic carbocycles. The Balaban J connectivity index is 1.64. The maximum absolute atomic E-state index is 13.1. The molecule has 10 heteroatoms. The van der Waals surface area contributed by atoms with Gasteiger partial charge < -0.3 is 5.32 Å². The molecule has 2 unspecified atom stereocenters. The number of pyridine rings is 1. The molecule has 0 aliphatic heterocycles. The summed E-state index contributed by atoms with van der Waals surface area (Å²) in [7, 11) is 0. The first-order chi connectivity index (χ1) is 14.1. The molecule has 0 fully saturated rings. The summed E-state index contributed by atoms with van der Waals surface area (Å²) in [6.45, 7) is 3.58. The molecule has 5 nitrogen and oxygen atoms in total. The smallest absolute Gasteiger partial charge is 0.353 e. The van der Waals surface area contributed by atoms with E-state index in [0.29, 0.717) is 0 Å². The van der Waals surface area contributed by atoms with Crippen molar-refractivity contribution in [1.29, 1.82) is 0 Å². The Morgan fingerprint density at radius 2 is 1.93 bits per heavy atom. The molecule has 2 aromatic heterocycles. The Kier molecular flexibility index (Phi) is 6.92. The number of fused-ring (bicyclic) bond motifs is 1. The average molecular weight is 457 g/mol. The van der Waals surface area contributed by atoms with Gasteiger partial charge in [-0.2, -0.15) is 13.2 Å². The van der Waals surface area contributed by atoms with Crippen LogP contribution in [0.5, 0.6) is 0 Å². The van der Waals surface area contributed by atoms with Crippen LogP contribution in [0, 0.1) is 0 Å². The van der Waals surface area contributed by atoms with Gasteiger partial charge in [0.05, 0.1) is 15.8 Å². The standard InChI is InChI=1S/C20H20ClF3N4OS/c1-12(8-9-14-6-4-3-5-7-14)25-18(29)13(2)30-19-27-26-17-16(21)10-15(11-28(17)19)20(22,23)24/h3-7,10-13H,8-9H2,1-2H3,(H,25,29). The van der Waals surface area contributed by atoms with Crippen LogP contribution in [-0.4, -0.2) is 31.8 Å². The number of hydrogen-bond donors (Lipinski definition) is 1. The Bertz CT molecular complexity index is 1030. The zero-order valence-electron chi connectivity index (χ0n) is 16.3. The molecule has 1 amide bonds. The number of amides is 1. The third-order valence-corrected chi connectivity index (χ3v) is 5.84. The second-order valence-electron chi connectivity index (χ2n) is 6.94. The van der Waals surface area contributed by atoms with E-state index in [2.05, 4.69) is 15.5 Å². The number of thioether (sulfide) groups is 1. The minimum absolute atomic E-state index is 0.0535. The van der Waals surface area contributed by atoms with Crippen LogP contribution in [0.15, 0.2) is 47.8 Å². The van der Waals surface area contributed by atoms with Crippen molar-refractivity contribution in [3.8, 4) is 0 Å². The summed E-state index contributed by atoms with van der Waals surface area (Å²) >= 11 is 6.95. The molecule has 0 saturated carbocycles. The highest BCUT2D eigenvalue weighted by atomic mass is 35.5. The van der Waals surface area contributed by atoms with E-state index in [1.807, 2.05) is 37.3 Å². The highest BCUT2D eigenvalue weighted by Crippen LogP contribution is 2.33. The number of nitrogens with one attached hydrogen (secondary N) is 1. The van der Waals surface area contributed by atoms with E-state index in [1.165, 1.54) is 9.96 Å². The van der Waals surface area contributed by atoms with Gasteiger partial charge in [-0.1, -0.05) is 53.7 Å². The Labute approximate surface area is 181 Å². The summed E-state index contributed by atoms with van der Waals surface area (Å²) in [5.74, 6) is -0.226. The van der Waals surface area contributed by atoms with Crippen molar-refractivity contribution < 1.29 is 18.0 Å². The molecular weight excluding hydrogens is 437 g/mol. The lowest BCUT2D eigenvalue weighted by Gasteiger charge is -2.17. The topological polar surface area (TPSA) is 59.3 Å². The fourth-order valence-electron chi connectivity index (χ4n) is 2.84. The van der Waals surface area contributed by atoms with E-state index in [0.717, 1.165) is 36.9 Å².